The Morgan fingerprint density at radius 1 is 1.33 bits per heavy atom. The van der Waals surface area contributed by atoms with Crippen molar-refractivity contribution in [3.63, 3.8) is 0 Å². The summed E-state index contributed by atoms with van der Waals surface area (Å²) in [4.78, 5) is 2.38. The van der Waals surface area contributed by atoms with Gasteiger partial charge in [0, 0.05) is 36.7 Å². The second kappa shape index (κ2) is 8.74. The molecule has 2 unspecified atom stereocenters. The average molecular weight is 311 g/mol. The van der Waals surface area contributed by atoms with Crippen LogP contribution in [0.5, 0.6) is 0 Å². The fraction of sp³-hybridized carbons (Fsp3) is 0.647. The number of nitrogens with zero attached hydrogens (tertiary/aromatic N) is 1. The third kappa shape index (κ3) is 5.59. The van der Waals surface area contributed by atoms with Gasteiger partial charge in [-0.15, -0.1) is 0 Å². The summed E-state index contributed by atoms with van der Waals surface area (Å²) in [6.07, 6.45) is 2.31. The van der Waals surface area contributed by atoms with Crippen LogP contribution in [0.4, 0.5) is 0 Å². The first kappa shape index (κ1) is 16.8. The first-order valence-corrected chi connectivity index (χ1v) is 8.31. The molecule has 1 fully saturated rings. The molecule has 1 saturated heterocycles. The fourth-order valence-corrected chi connectivity index (χ4v) is 3.07. The van der Waals surface area contributed by atoms with Crippen LogP contribution in [0.1, 0.15) is 25.3 Å². The smallest absolute Gasteiger partial charge is 0.0521 e. The lowest BCUT2D eigenvalue weighted by molar-refractivity contribution is 0.0189. The Morgan fingerprint density at radius 2 is 2.10 bits per heavy atom. The van der Waals surface area contributed by atoms with E-state index in [0.29, 0.717) is 12.0 Å². The molecule has 1 N–H and O–H groups in total. The molecule has 4 heteroatoms. The number of rotatable bonds is 7. The lowest BCUT2D eigenvalue weighted by atomic mass is 9.95. The number of hydrogen-bond acceptors (Lipinski definition) is 3. The maximum absolute atomic E-state index is 5.93. The highest BCUT2D eigenvalue weighted by molar-refractivity contribution is 6.30. The topological polar surface area (TPSA) is 24.5 Å². The molecule has 0 aromatic heterocycles. The van der Waals surface area contributed by atoms with Crippen LogP contribution in [-0.4, -0.2) is 44.3 Å². The van der Waals surface area contributed by atoms with Crippen molar-refractivity contribution in [1.82, 2.24) is 10.2 Å². The van der Waals surface area contributed by atoms with Crippen molar-refractivity contribution >= 4 is 11.6 Å². The second-order valence-corrected chi connectivity index (χ2v) is 6.44. The van der Waals surface area contributed by atoms with Crippen molar-refractivity contribution in [2.75, 3.05) is 33.4 Å². The molecule has 0 aliphatic carbocycles. The molecule has 0 spiro atoms. The molecule has 0 bridgehead atoms. The van der Waals surface area contributed by atoms with Crippen molar-refractivity contribution in [1.29, 1.82) is 0 Å². The van der Waals surface area contributed by atoms with E-state index >= 15 is 0 Å². The van der Waals surface area contributed by atoms with E-state index in [4.69, 9.17) is 16.3 Å². The average Bonchev–Trinajstić information content (AvgIpc) is 2.49. The van der Waals surface area contributed by atoms with Crippen molar-refractivity contribution < 1.29 is 4.74 Å². The molecule has 21 heavy (non-hydrogen) atoms. The number of hydrogen-bond donors (Lipinski definition) is 1. The van der Waals surface area contributed by atoms with Crippen LogP contribution in [0.25, 0.3) is 0 Å². The van der Waals surface area contributed by atoms with Gasteiger partial charge in [-0.1, -0.05) is 30.7 Å². The van der Waals surface area contributed by atoms with Crippen LogP contribution in [-0.2, 0) is 11.3 Å². The summed E-state index contributed by atoms with van der Waals surface area (Å²) in [5.74, 6) is 0.572. The van der Waals surface area contributed by atoms with Gasteiger partial charge in [0.25, 0.3) is 0 Å². The SMILES string of the molecule is CCCNC1CCOCC1CN(C)Cc1ccc(Cl)cc1. The number of benzene rings is 1. The summed E-state index contributed by atoms with van der Waals surface area (Å²) in [5, 5.41) is 4.47. The molecular formula is C17H27ClN2O. The molecule has 1 heterocycles. The van der Waals surface area contributed by atoms with E-state index in [0.717, 1.165) is 44.3 Å². The number of nitrogens with one attached hydrogen (secondary N) is 1. The predicted octanol–water partition coefficient (Wildman–Crippen LogP) is 3.18. The molecule has 1 aromatic rings. The van der Waals surface area contributed by atoms with Crippen LogP contribution < -0.4 is 5.32 Å². The predicted molar refractivity (Wildman–Crippen MR) is 88.8 cm³/mol. The maximum Gasteiger partial charge on any atom is 0.0521 e. The molecule has 2 rings (SSSR count). The second-order valence-electron chi connectivity index (χ2n) is 6.01. The van der Waals surface area contributed by atoms with E-state index in [1.807, 2.05) is 12.1 Å². The zero-order chi connectivity index (χ0) is 15.1. The van der Waals surface area contributed by atoms with Gasteiger partial charge < -0.3 is 15.0 Å². The Morgan fingerprint density at radius 3 is 2.81 bits per heavy atom. The Kier molecular flexibility index (Phi) is 6.97. The van der Waals surface area contributed by atoms with Crippen LogP contribution in [0.2, 0.25) is 5.02 Å². The Balaban J connectivity index is 1.84. The van der Waals surface area contributed by atoms with Crippen LogP contribution in [0.3, 0.4) is 0 Å². The van der Waals surface area contributed by atoms with E-state index in [-0.39, 0.29) is 0 Å². The summed E-state index contributed by atoms with van der Waals surface area (Å²) in [7, 11) is 2.18. The minimum Gasteiger partial charge on any atom is -0.381 e. The highest BCUT2D eigenvalue weighted by atomic mass is 35.5. The number of ether oxygens (including phenoxy) is 1. The molecule has 1 aliphatic rings. The maximum atomic E-state index is 5.93. The Hall–Kier alpha value is -0.610. The van der Waals surface area contributed by atoms with Crippen LogP contribution in [0.15, 0.2) is 24.3 Å². The molecule has 0 amide bonds. The number of halogens is 1. The van der Waals surface area contributed by atoms with Crippen molar-refractivity contribution in [2.24, 2.45) is 5.92 Å². The lowest BCUT2D eigenvalue weighted by Gasteiger charge is -2.35. The van der Waals surface area contributed by atoms with Crippen molar-refractivity contribution in [2.45, 2.75) is 32.4 Å². The molecular weight excluding hydrogens is 284 g/mol. The molecule has 2 atom stereocenters. The van der Waals surface area contributed by atoms with Crippen molar-refractivity contribution in [3.8, 4) is 0 Å². The van der Waals surface area contributed by atoms with Gasteiger partial charge >= 0.3 is 0 Å². The summed E-state index contributed by atoms with van der Waals surface area (Å²) in [6, 6.07) is 8.71. The molecule has 1 aromatic carbocycles. The molecule has 118 valence electrons. The van der Waals surface area contributed by atoms with E-state index in [1.54, 1.807) is 0 Å². The van der Waals surface area contributed by atoms with Crippen molar-refractivity contribution in [3.05, 3.63) is 34.9 Å². The first-order chi connectivity index (χ1) is 10.2. The normalized spacial score (nSPS) is 22.7. The fourth-order valence-electron chi connectivity index (χ4n) is 2.94. The monoisotopic (exact) mass is 310 g/mol. The third-order valence-corrected chi connectivity index (χ3v) is 4.29. The molecule has 0 radical (unpaired) electrons. The van der Waals surface area contributed by atoms with E-state index < -0.39 is 0 Å². The molecule has 3 nitrogen and oxygen atoms in total. The molecule has 1 aliphatic heterocycles. The lowest BCUT2D eigenvalue weighted by Crippen LogP contribution is -2.47. The zero-order valence-electron chi connectivity index (χ0n) is 13.1. The van der Waals surface area contributed by atoms with Gasteiger partial charge in [-0.3, -0.25) is 0 Å². The summed E-state index contributed by atoms with van der Waals surface area (Å²) in [6.45, 7) is 7.08. The van der Waals surface area contributed by atoms with Gasteiger partial charge in [0.05, 0.1) is 6.61 Å². The summed E-state index contributed by atoms with van der Waals surface area (Å²) in [5.41, 5.74) is 1.30. The van der Waals surface area contributed by atoms with E-state index in [2.05, 4.69) is 36.3 Å². The minimum absolute atomic E-state index is 0.572. The van der Waals surface area contributed by atoms with E-state index in [1.165, 1.54) is 12.0 Å². The van der Waals surface area contributed by atoms with Crippen LogP contribution in [0, 0.1) is 5.92 Å². The minimum atomic E-state index is 0.572. The Bertz CT molecular complexity index is 410. The third-order valence-electron chi connectivity index (χ3n) is 4.04. The van der Waals surface area contributed by atoms with Gasteiger partial charge in [-0.25, -0.2) is 0 Å². The highest BCUT2D eigenvalue weighted by Crippen LogP contribution is 2.17. The summed E-state index contributed by atoms with van der Waals surface area (Å²) < 4.78 is 5.68. The standard InChI is InChI=1S/C17H27ClN2O/c1-3-9-19-17-8-10-21-13-15(17)12-20(2)11-14-4-6-16(18)7-5-14/h4-7,15,17,19H,3,8-13H2,1-2H3. The van der Waals surface area contributed by atoms with Gasteiger partial charge in [0.15, 0.2) is 0 Å². The quantitative estimate of drug-likeness (QED) is 0.837. The highest BCUT2D eigenvalue weighted by Gasteiger charge is 2.26. The Labute approximate surface area is 133 Å². The van der Waals surface area contributed by atoms with Gasteiger partial charge in [-0.05, 0) is 44.1 Å². The zero-order valence-corrected chi connectivity index (χ0v) is 13.9. The first-order valence-electron chi connectivity index (χ1n) is 7.93. The molecule has 0 saturated carbocycles. The van der Waals surface area contributed by atoms with E-state index in [9.17, 15) is 0 Å². The largest absolute Gasteiger partial charge is 0.381 e. The van der Waals surface area contributed by atoms with Gasteiger partial charge in [0.1, 0.15) is 0 Å². The van der Waals surface area contributed by atoms with Crippen LogP contribution >= 0.6 is 11.6 Å². The summed E-state index contributed by atoms with van der Waals surface area (Å²) >= 11 is 5.93. The van der Waals surface area contributed by atoms with Gasteiger partial charge in [0.2, 0.25) is 0 Å². The van der Waals surface area contributed by atoms with Gasteiger partial charge in [-0.2, -0.15) is 0 Å².